The lowest BCUT2D eigenvalue weighted by Crippen LogP contribution is -2.38. The van der Waals surface area contributed by atoms with E-state index in [0.29, 0.717) is 5.41 Å². The maximum Gasteiger partial charge on any atom is 0.107 e. The van der Waals surface area contributed by atoms with Gasteiger partial charge in [-0.2, -0.15) is 0 Å². The van der Waals surface area contributed by atoms with Crippen molar-refractivity contribution >= 4 is 0 Å². The van der Waals surface area contributed by atoms with Crippen LogP contribution < -0.4 is 0 Å². The highest BCUT2D eigenvalue weighted by atomic mass is 16.3. The second kappa shape index (κ2) is 3.88. The summed E-state index contributed by atoms with van der Waals surface area (Å²) in [5.41, 5.74) is 3.68. The quantitative estimate of drug-likeness (QED) is 0.741. The zero-order valence-corrected chi connectivity index (χ0v) is 11.3. The summed E-state index contributed by atoms with van der Waals surface area (Å²) in [5, 5.41) is 0. The van der Waals surface area contributed by atoms with Crippen molar-refractivity contribution in [2.75, 3.05) is 20.1 Å². The molecule has 0 aromatic carbocycles. The largest absolute Gasteiger partial charge is 0.466 e. The average molecular weight is 233 g/mol. The smallest absolute Gasteiger partial charge is 0.107 e. The highest BCUT2D eigenvalue weighted by Crippen LogP contribution is 2.47. The Morgan fingerprint density at radius 3 is 2.47 bits per heavy atom. The van der Waals surface area contributed by atoms with Gasteiger partial charge in [0, 0.05) is 6.42 Å². The summed E-state index contributed by atoms with van der Waals surface area (Å²) in [6, 6.07) is 0. The number of nitrogens with zero attached hydrogens (tertiary/aromatic N) is 1. The molecular weight excluding hydrogens is 210 g/mol. The number of rotatable bonds is 1. The molecule has 94 valence electrons. The van der Waals surface area contributed by atoms with E-state index < -0.39 is 0 Å². The fourth-order valence-electron chi connectivity index (χ4n) is 3.67. The molecule has 1 aliphatic carbocycles. The van der Waals surface area contributed by atoms with Gasteiger partial charge in [-0.05, 0) is 69.3 Å². The lowest BCUT2D eigenvalue weighted by molar-refractivity contribution is 0.130. The van der Waals surface area contributed by atoms with Crippen LogP contribution in [0.15, 0.2) is 4.42 Å². The van der Waals surface area contributed by atoms with E-state index in [0.717, 1.165) is 6.42 Å². The Morgan fingerprint density at radius 1 is 1.18 bits per heavy atom. The van der Waals surface area contributed by atoms with Gasteiger partial charge in [0.15, 0.2) is 0 Å². The Morgan fingerprint density at radius 2 is 1.82 bits per heavy atom. The molecule has 0 radical (unpaired) electrons. The van der Waals surface area contributed by atoms with Crippen molar-refractivity contribution in [3.63, 3.8) is 0 Å². The minimum absolute atomic E-state index is 0.572. The van der Waals surface area contributed by atoms with E-state index in [1.807, 2.05) is 0 Å². The van der Waals surface area contributed by atoms with Crippen LogP contribution in [0.4, 0.5) is 0 Å². The van der Waals surface area contributed by atoms with Crippen LogP contribution in [0.5, 0.6) is 0 Å². The number of likely N-dealkylation sites (tertiary alicyclic amines) is 1. The number of hydrogen-bond donors (Lipinski definition) is 0. The fourth-order valence-corrected chi connectivity index (χ4v) is 3.67. The van der Waals surface area contributed by atoms with Crippen LogP contribution in [0.2, 0.25) is 0 Å². The Kier molecular flexibility index (Phi) is 2.58. The van der Waals surface area contributed by atoms with Crippen LogP contribution in [0.25, 0.3) is 0 Å². The minimum atomic E-state index is 0.572. The van der Waals surface area contributed by atoms with E-state index in [4.69, 9.17) is 4.42 Å². The molecule has 2 heteroatoms. The van der Waals surface area contributed by atoms with Crippen molar-refractivity contribution in [1.29, 1.82) is 0 Å². The first kappa shape index (κ1) is 11.3. The molecule has 0 amide bonds. The van der Waals surface area contributed by atoms with Gasteiger partial charge >= 0.3 is 0 Å². The first-order valence-corrected chi connectivity index (χ1v) is 6.92. The third kappa shape index (κ3) is 1.74. The van der Waals surface area contributed by atoms with Crippen LogP contribution >= 0.6 is 0 Å². The minimum Gasteiger partial charge on any atom is -0.466 e. The standard InChI is InChI=1S/C15H23NO/c1-4-14-13-10-15(5-7-16(3)8-6-15)9-12(13)11(2)17-14/h4-10H2,1-3H3. The van der Waals surface area contributed by atoms with E-state index in [2.05, 4.69) is 25.8 Å². The zero-order chi connectivity index (χ0) is 12.0. The van der Waals surface area contributed by atoms with E-state index >= 15 is 0 Å². The molecular formula is C15H23NO. The number of fused-ring (bicyclic) bond motifs is 1. The van der Waals surface area contributed by atoms with Crippen molar-refractivity contribution < 1.29 is 4.42 Å². The summed E-state index contributed by atoms with van der Waals surface area (Å²) in [7, 11) is 2.24. The molecule has 0 bridgehead atoms. The molecule has 0 saturated carbocycles. The number of hydrogen-bond acceptors (Lipinski definition) is 2. The predicted octanol–water partition coefficient (Wildman–Crippen LogP) is 2.96. The summed E-state index contributed by atoms with van der Waals surface area (Å²) in [5.74, 6) is 2.45. The van der Waals surface area contributed by atoms with Gasteiger partial charge in [0.2, 0.25) is 0 Å². The van der Waals surface area contributed by atoms with Crippen LogP contribution in [-0.4, -0.2) is 25.0 Å². The first-order valence-electron chi connectivity index (χ1n) is 6.92. The van der Waals surface area contributed by atoms with Gasteiger partial charge in [0.25, 0.3) is 0 Å². The highest BCUT2D eigenvalue weighted by molar-refractivity contribution is 5.40. The van der Waals surface area contributed by atoms with Gasteiger partial charge in [-0.1, -0.05) is 6.92 Å². The van der Waals surface area contributed by atoms with Crippen LogP contribution in [0.1, 0.15) is 42.4 Å². The van der Waals surface area contributed by atoms with Crippen LogP contribution in [0, 0.1) is 12.3 Å². The van der Waals surface area contributed by atoms with Crippen LogP contribution in [-0.2, 0) is 19.3 Å². The van der Waals surface area contributed by atoms with Crippen molar-refractivity contribution in [2.45, 2.75) is 46.0 Å². The van der Waals surface area contributed by atoms with Crippen molar-refractivity contribution in [3.05, 3.63) is 22.6 Å². The van der Waals surface area contributed by atoms with Gasteiger partial charge < -0.3 is 9.32 Å². The molecule has 0 atom stereocenters. The summed E-state index contributed by atoms with van der Waals surface area (Å²) in [6.45, 7) is 6.88. The highest BCUT2D eigenvalue weighted by Gasteiger charge is 2.42. The predicted molar refractivity (Wildman–Crippen MR) is 69.4 cm³/mol. The summed E-state index contributed by atoms with van der Waals surface area (Å²) in [6.07, 6.45) is 6.32. The molecule has 1 spiro atoms. The van der Waals surface area contributed by atoms with Crippen molar-refractivity contribution in [2.24, 2.45) is 5.41 Å². The third-order valence-electron chi connectivity index (χ3n) is 4.87. The molecule has 1 aliphatic heterocycles. The molecule has 2 nitrogen and oxygen atoms in total. The molecule has 2 heterocycles. The monoisotopic (exact) mass is 233 g/mol. The van der Waals surface area contributed by atoms with E-state index in [1.165, 1.54) is 50.3 Å². The average Bonchev–Trinajstić information content (AvgIpc) is 2.82. The molecule has 1 saturated heterocycles. The normalized spacial score (nSPS) is 23.2. The molecule has 3 rings (SSSR count). The summed E-state index contributed by atoms with van der Waals surface area (Å²) in [4.78, 5) is 2.46. The maximum atomic E-state index is 5.88. The molecule has 0 N–H and O–H groups in total. The van der Waals surface area contributed by atoms with E-state index in [9.17, 15) is 0 Å². The number of furan rings is 1. The van der Waals surface area contributed by atoms with Gasteiger partial charge in [-0.25, -0.2) is 0 Å². The zero-order valence-electron chi connectivity index (χ0n) is 11.3. The second-order valence-corrected chi connectivity index (χ2v) is 6.05. The molecule has 2 aliphatic rings. The number of piperidine rings is 1. The lowest BCUT2D eigenvalue weighted by Gasteiger charge is -2.38. The third-order valence-corrected chi connectivity index (χ3v) is 4.87. The number of aryl methyl sites for hydroxylation is 2. The molecule has 17 heavy (non-hydrogen) atoms. The van der Waals surface area contributed by atoms with Gasteiger partial charge in [-0.15, -0.1) is 0 Å². The molecule has 1 aromatic heterocycles. The van der Waals surface area contributed by atoms with E-state index in [1.54, 1.807) is 11.1 Å². The van der Waals surface area contributed by atoms with Gasteiger partial charge in [0.05, 0.1) is 0 Å². The summed E-state index contributed by atoms with van der Waals surface area (Å²) < 4.78 is 5.88. The Hall–Kier alpha value is -0.760. The van der Waals surface area contributed by atoms with Gasteiger partial charge in [0.1, 0.15) is 11.5 Å². The molecule has 1 aromatic rings. The van der Waals surface area contributed by atoms with Crippen molar-refractivity contribution in [1.82, 2.24) is 4.90 Å². The van der Waals surface area contributed by atoms with Crippen molar-refractivity contribution in [3.8, 4) is 0 Å². The topological polar surface area (TPSA) is 16.4 Å². The Balaban J connectivity index is 1.87. The molecule has 0 unspecified atom stereocenters. The summed E-state index contributed by atoms with van der Waals surface area (Å²) >= 11 is 0. The maximum absolute atomic E-state index is 5.88. The fraction of sp³-hybridized carbons (Fsp3) is 0.733. The lowest BCUT2D eigenvalue weighted by atomic mass is 9.76. The Labute approximate surface area is 104 Å². The second-order valence-electron chi connectivity index (χ2n) is 6.05. The van der Waals surface area contributed by atoms with E-state index in [-0.39, 0.29) is 0 Å². The SMILES string of the molecule is CCc1oc(C)c2c1CC1(CCN(C)CC1)C2. The Bertz CT molecular complexity index is 424. The molecule has 1 fully saturated rings. The van der Waals surface area contributed by atoms with Crippen LogP contribution in [0.3, 0.4) is 0 Å². The first-order chi connectivity index (χ1) is 8.13. The van der Waals surface area contributed by atoms with Gasteiger partial charge in [-0.3, -0.25) is 0 Å².